The third kappa shape index (κ3) is 5.81. The Hall–Kier alpha value is -2.50. The number of piperidine rings is 1. The highest BCUT2D eigenvalue weighted by molar-refractivity contribution is 5.80. The van der Waals surface area contributed by atoms with Crippen LogP contribution in [0.2, 0.25) is 0 Å². The van der Waals surface area contributed by atoms with Crippen LogP contribution in [0.5, 0.6) is 0 Å². The Kier molecular flexibility index (Phi) is 7.15. The van der Waals surface area contributed by atoms with Gasteiger partial charge in [-0.3, -0.25) is 4.68 Å². The maximum atomic E-state index is 4.96. The smallest absolute Gasteiger partial charge is 0.194 e. The van der Waals surface area contributed by atoms with Crippen molar-refractivity contribution in [2.24, 2.45) is 23.9 Å². The molecular formula is C25H38N6. The Bertz CT molecular complexity index is 847. The zero-order valence-corrected chi connectivity index (χ0v) is 19.4. The number of anilines is 1. The molecule has 31 heavy (non-hydrogen) atoms. The number of aliphatic imine (C=N–C) groups is 1. The van der Waals surface area contributed by atoms with Gasteiger partial charge in [0.2, 0.25) is 0 Å². The quantitative estimate of drug-likeness (QED) is 0.570. The van der Waals surface area contributed by atoms with Crippen molar-refractivity contribution in [1.29, 1.82) is 0 Å². The number of aryl methyl sites for hydroxylation is 1. The Morgan fingerprint density at radius 1 is 1.10 bits per heavy atom. The van der Waals surface area contributed by atoms with Crippen LogP contribution in [0.15, 0.2) is 41.7 Å². The number of benzene rings is 1. The lowest BCUT2D eigenvalue weighted by Gasteiger charge is -2.32. The number of guanidine groups is 1. The van der Waals surface area contributed by atoms with E-state index < -0.39 is 0 Å². The molecule has 1 atom stereocenters. The lowest BCUT2D eigenvalue weighted by atomic mass is 9.99. The van der Waals surface area contributed by atoms with Gasteiger partial charge in [-0.25, -0.2) is 4.99 Å². The number of hydrogen-bond acceptors (Lipinski definition) is 3. The fraction of sp³-hybridized carbons (Fsp3) is 0.600. The van der Waals surface area contributed by atoms with Crippen LogP contribution >= 0.6 is 0 Å². The maximum Gasteiger partial charge on any atom is 0.194 e. The molecule has 1 unspecified atom stereocenters. The van der Waals surface area contributed by atoms with Crippen molar-refractivity contribution in [2.75, 3.05) is 37.6 Å². The summed E-state index contributed by atoms with van der Waals surface area (Å²) in [7, 11) is 1.99. The third-order valence-electron chi connectivity index (χ3n) is 6.70. The van der Waals surface area contributed by atoms with E-state index in [-0.39, 0.29) is 0 Å². The van der Waals surface area contributed by atoms with Crippen molar-refractivity contribution >= 4 is 11.6 Å². The second kappa shape index (κ2) is 10.2. The molecule has 1 N–H and O–H groups in total. The van der Waals surface area contributed by atoms with Crippen LogP contribution in [0, 0.1) is 11.8 Å². The fourth-order valence-corrected chi connectivity index (χ4v) is 4.77. The molecule has 2 saturated heterocycles. The van der Waals surface area contributed by atoms with Gasteiger partial charge in [0.25, 0.3) is 0 Å². The van der Waals surface area contributed by atoms with Gasteiger partial charge in [-0.2, -0.15) is 5.10 Å². The lowest BCUT2D eigenvalue weighted by Crippen LogP contribution is -2.40. The topological polar surface area (TPSA) is 48.7 Å². The van der Waals surface area contributed by atoms with Crippen molar-refractivity contribution in [3.05, 3.63) is 47.8 Å². The van der Waals surface area contributed by atoms with Crippen molar-refractivity contribution in [2.45, 2.75) is 46.1 Å². The average Bonchev–Trinajstić information content (AvgIpc) is 3.41. The van der Waals surface area contributed by atoms with E-state index in [1.165, 1.54) is 49.2 Å². The van der Waals surface area contributed by atoms with E-state index >= 15 is 0 Å². The van der Waals surface area contributed by atoms with Crippen LogP contribution < -0.4 is 10.2 Å². The minimum absolute atomic E-state index is 0.666. The molecule has 1 aromatic carbocycles. The zero-order valence-electron chi connectivity index (χ0n) is 19.4. The molecule has 4 rings (SSSR count). The minimum Gasteiger partial charge on any atom is -0.372 e. The molecular weight excluding hydrogens is 384 g/mol. The number of hydrogen-bond donors (Lipinski definition) is 1. The van der Waals surface area contributed by atoms with Crippen LogP contribution in [0.1, 0.15) is 44.2 Å². The van der Waals surface area contributed by atoms with E-state index in [1.807, 2.05) is 17.9 Å². The standard InChI is InChI=1S/C25H38N6/c1-4-26-25(31-14-11-22(19-31)15-23-17-28-29(3)18-23)27-16-21-5-7-24(8-6-21)30-12-9-20(2)10-13-30/h5-8,17-18,20,22H,4,9-16,19H2,1-3H3,(H,26,27). The molecule has 168 valence electrons. The summed E-state index contributed by atoms with van der Waals surface area (Å²) in [6.07, 6.45) is 9.04. The highest BCUT2D eigenvalue weighted by atomic mass is 15.3. The molecule has 2 aromatic rings. The Labute approximate surface area is 187 Å². The summed E-state index contributed by atoms with van der Waals surface area (Å²) in [6.45, 7) is 10.6. The van der Waals surface area contributed by atoms with E-state index in [0.717, 1.165) is 44.5 Å². The van der Waals surface area contributed by atoms with Gasteiger partial charge in [-0.05, 0) is 67.7 Å². The van der Waals surface area contributed by atoms with E-state index in [1.54, 1.807) is 0 Å². The summed E-state index contributed by atoms with van der Waals surface area (Å²) >= 11 is 0. The van der Waals surface area contributed by atoms with Gasteiger partial charge in [0, 0.05) is 51.7 Å². The highest BCUT2D eigenvalue weighted by Gasteiger charge is 2.25. The number of nitrogens with one attached hydrogen (secondary N) is 1. The molecule has 6 nitrogen and oxygen atoms in total. The van der Waals surface area contributed by atoms with Gasteiger partial charge in [0.1, 0.15) is 0 Å². The predicted octanol–water partition coefficient (Wildman–Crippen LogP) is 3.69. The fourth-order valence-electron chi connectivity index (χ4n) is 4.77. The monoisotopic (exact) mass is 422 g/mol. The highest BCUT2D eigenvalue weighted by Crippen LogP contribution is 2.24. The SMILES string of the molecule is CCNC(=NCc1ccc(N2CCC(C)CC2)cc1)N1CCC(Cc2cnn(C)c2)C1. The average molecular weight is 423 g/mol. The zero-order chi connectivity index (χ0) is 21.6. The second-order valence-electron chi connectivity index (χ2n) is 9.33. The molecule has 0 spiro atoms. The van der Waals surface area contributed by atoms with Crippen molar-refractivity contribution < 1.29 is 0 Å². The first-order valence-electron chi connectivity index (χ1n) is 12.0. The van der Waals surface area contributed by atoms with Crippen LogP contribution in [0.4, 0.5) is 5.69 Å². The summed E-state index contributed by atoms with van der Waals surface area (Å²) in [4.78, 5) is 9.91. The summed E-state index contributed by atoms with van der Waals surface area (Å²) in [5, 5.41) is 7.81. The number of likely N-dealkylation sites (tertiary alicyclic amines) is 1. The number of rotatable bonds is 6. The first-order valence-corrected chi connectivity index (χ1v) is 12.0. The molecule has 2 fully saturated rings. The molecule has 0 amide bonds. The molecule has 2 aliphatic heterocycles. The normalized spacial score (nSPS) is 20.5. The Morgan fingerprint density at radius 3 is 2.55 bits per heavy atom. The van der Waals surface area contributed by atoms with Gasteiger partial charge in [0.15, 0.2) is 5.96 Å². The molecule has 0 saturated carbocycles. The summed E-state index contributed by atoms with van der Waals surface area (Å²) in [5.74, 6) is 2.58. The molecule has 0 radical (unpaired) electrons. The molecule has 3 heterocycles. The number of aromatic nitrogens is 2. The largest absolute Gasteiger partial charge is 0.372 e. The van der Waals surface area contributed by atoms with Gasteiger partial charge >= 0.3 is 0 Å². The van der Waals surface area contributed by atoms with E-state index in [2.05, 4.69) is 64.5 Å². The van der Waals surface area contributed by atoms with Crippen molar-refractivity contribution in [3.63, 3.8) is 0 Å². The molecule has 0 bridgehead atoms. The first-order chi connectivity index (χ1) is 15.1. The molecule has 2 aliphatic rings. The molecule has 1 aromatic heterocycles. The van der Waals surface area contributed by atoms with Crippen LogP contribution in [0.3, 0.4) is 0 Å². The van der Waals surface area contributed by atoms with E-state index in [4.69, 9.17) is 4.99 Å². The summed E-state index contributed by atoms with van der Waals surface area (Å²) in [6, 6.07) is 9.03. The third-order valence-corrected chi connectivity index (χ3v) is 6.70. The second-order valence-corrected chi connectivity index (χ2v) is 9.33. The summed E-state index contributed by atoms with van der Waals surface area (Å²) < 4.78 is 1.89. The van der Waals surface area contributed by atoms with Gasteiger partial charge < -0.3 is 15.1 Å². The van der Waals surface area contributed by atoms with Crippen LogP contribution in [-0.2, 0) is 20.0 Å². The van der Waals surface area contributed by atoms with Crippen LogP contribution in [0.25, 0.3) is 0 Å². The van der Waals surface area contributed by atoms with Crippen molar-refractivity contribution in [3.8, 4) is 0 Å². The van der Waals surface area contributed by atoms with Crippen molar-refractivity contribution in [1.82, 2.24) is 20.0 Å². The predicted molar refractivity (Wildman–Crippen MR) is 128 cm³/mol. The lowest BCUT2D eigenvalue weighted by molar-refractivity contribution is 0.438. The number of nitrogens with zero attached hydrogens (tertiary/aromatic N) is 5. The van der Waals surface area contributed by atoms with E-state index in [0.29, 0.717) is 5.92 Å². The Balaban J connectivity index is 1.33. The summed E-state index contributed by atoms with van der Waals surface area (Å²) in [5.41, 5.74) is 3.96. The van der Waals surface area contributed by atoms with E-state index in [9.17, 15) is 0 Å². The minimum atomic E-state index is 0.666. The van der Waals surface area contributed by atoms with Crippen LogP contribution in [-0.4, -0.2) is 53.4 Å². The first kappa shape index (κ1) is 21.7. The van der Waals surface area contributed by atoms with Gasteiger partial charge in [0.05, 0.1) is 12.7 Å². The molecule has 6 heteroatoms. The van der Waals surface area contributed by atoms with Gasteiger partial charge in [-0.1, -0.05) is 19.1 Å². The maximum absolute atomic E-state index is 4.96. The Morgan fingerprint density at radius 2 is 1.87 bits per heavy atom. The molecule has 0 aliphatic carbocycles. The van der Waals surface area contributed by atoms with Gasteiger partial charge in [-0.15, -0.1) is 0 Å².